The van der Waals surface area contributed by atoms with Crippen molar-refractivity contribution in [2.45, 2.75) is 18.9 Å². The molecule has 16 heavy (non-hydrogen) atoms. The van der Waals surface area contributed by atoms with Gasteiger partial charge in [-0.15, -0.1) is 6.58 Å². The van der Waals surface area contributed by atoms with Crippen LogP contribution in [0.25, 0.3) is 0 Å². The van der Waals surface area contributed by atoms with Crippen LogP contribution in [0.3, 0.4) is 0 Å². The second-order valence-electron chi connectivity index (χ2n) is 3.47. The van der Waals surface area contributed by atoms with Crippen LogP contribution in [0.5, 0.6) is 5.75 Å². The van der Waals surface area contributed by atoms with Crippen LogP contribution in [-0.2, 0) is 0 Å². The summed E-state index contributed by atoms with van der Waals surface area (Å²) < 4.78 is 5.28. The van der Waals surface area contributed by atoms with Gasteiger partial charge in [-0.3, -0.25) is 11.3 Å². The van der Waals surface area contributed by atoms with Gasteiger partial charge in [-0.1, -0.05) is 23.7 Å². The molecule has 3 N–H and O–H groups in total. The fourth-order valence-corrected chi connectivity index (χ4v) is 1.75. The van der Waals surface area contributed by atoms with Crippen molar-refractivity contribution in [1.29, 1.82) is 0 Å². The number of benzene rings is 1. The van der Waals surface area contributed by atoms with E-state index in [9.17, 15) is 0 Å². The van der Waals surface area contributed by atoms with E-state index in [1.165, 1.54) is 0 Å². The highest BCUT2D eigenvalue weighted by molar-refractivity contribution is 6.30. The zero-order chi connectivity index (χ0) is 12.0. The normalized spacial score (nSPS) is 12.2. The Morgan fingerprint density at radius 3 is 2.94 bits per heavy atom. The van der Waals surface area contributed by atoms with E-state index in [0.29, 0.717) is 5.02 Å². The Morgan fingerprint density at radius 1 is 1.62 bits per heavy atom. The number of methoxy groups -OCH3 is 1. The second kappa shape index (κ2) is 6.53. The van der Waals surface area contributed by atoms with Gasteiger partial charge in [0.1, 0.15) is 5.75 Å². The minimum Gasteiger partial charge on any atom is -0.496 e. The van der Waals surface area contributed by atoms with Gasteiger partial charge in [-0.05, 0) is 25.0 Å². The number of ether oxygens (including phenoxy) is 1. The molecule has 1 atom stereocenters. The minimum absolute atomic E-state index is 0.0465. The molecule has 0 aliphatic heterocycles. The first-order valence-electron chi connectivity index (χ1n) is 5.13. The van der Waals surface area contributed by atoms with E-state index in [0.717, 1.165) is 24.2 Å². The van der Waals surface area contributed by atoms with Crippen LogP contribution in [0.4, 0.5) is 0 Å². The molecule has 0 aliphatic rings. The first kappa shape index (κ1) is 13.0. The lowest BCUT2D eigenvalue weighted by Gasteiger charge is -2.18. The van der Waals surface area contributed by atoms with Gasteiger partial charge in [-0.25, -0.2) is 0 Å². The van der Waals surface area contributed by atoms with Gasteiger partial charge in [0.2, 0.25) is 0 Å². The Morgan fingerprint density at radius 2 is 2.38 bits per heavy atom. The van der Waals surface area contributed by atoms with Crippen molar-refractivity contribution < 1.29 is 4.74 Å². The molecule has 88 valence electrons. The maximum absolute atomic E-state index is 5.90. The van der Waals surface area contributed by atoms with E-state index < -0.39 is 0 Å². The highest BCUT2D eigenvalue weighted by Crippen LogP contribution is 2.30. The molecule has 0 spiro atoms. The average Bonchev–Trinajstić information content (AvgIpc) is 2.31. The first-order valence-corrected chi connectivity index (χ1v) is 5.51. The summed E-state index contributed by atoms with van der Waals surface area (Å²) >= 11 is 5.90. The SMILES string of the molecule is C=CCCC(NN)c1ccc(Cl)cc1OC. The number of allylic oxidation sites excluding steroid dienone is 1. The summed E-state index contributed by atoms with van der Waals surface area (Å²) in [4.78, 5) is 0. The molecular weight excluding hydrogens is 224 g/mol. The van der Waals surface area contributed by atoms with Crippen molar-refractivity contribution in [2.24, 2.45) is 5.84 Å². The molecule has 1 aromatic rings. The summed E-state index contributed by atoms with van der Waals surface area (Å²) in [6.45, 7) is 3.70. The number of hydrogen-bond donors (Lipinski definition) is 2. The van der Waals surface area contributed by atoms with Gasteiger partial charge in [0, 0.05) is 16.6 Å². The highest BCUT2D eigenvalue weighted by atomic mass is 35.5. The van der Waals surface area contributed by atoms with Crippen molar-refractivity contribution in [3.63, 3.8) is 0 Å². The lowest BCUT2D eigenvalue weighted by atomic mass is 10.0. The quantitative estimate of drug-likeness (QED) is 0.457. The van der Waals surface area contributed by atoms with Gasteiger partial charge in [0.05, 0.1) is 7.11 Å². The molecule has 0 aliphatic carbocycles. The molecule has 0 amide bonds. The molecule has 4 heteroatoms. The summed E-state index contributed by atoms with van der Waals surface area (Å²) in [7, 11) is 1.62. The van der Waals surface area contributed by atoms with Gasteiger partial charge >= 0.3 is 0 Å². The Kier molecular flexibility index (Phi) is 5.32. The number of nitrogens with one attached hydrogen (secondary N) is 1. The predicted molar refractivity (Wildman–Crippen MR) is 67.5 cm³/mol. The fraction of sp³-hybridized carbons (Fsp3) is 0.333. The lowest BCUT2D eigenvalue weighted by Crippen LogP contribution is -2.28. The Bertz CT molecular complexity index is 355. The molecule has 1 rings (SSSR count). The van der Waals surface area contributed by atoms with E-state index in [-0.39, 0.29) is 6.04 Å². The van der Waals surface area contributed by atoms with Crippen LogP contribution in [0.15, 0.2) is 30.9 Å². The Hall–Kier alpha value is -1.03. The van der Waals surface area contributed by atoms with Crippen LogP contribution in [-0.4, -0.2) is 7.11 Å². The Balaban J connectivity index is 2.94. The summed E-state index contributed by atoms with van der Waals surface area (Å²) in [6, 6.07) is 5.59. The van der Waals surface area contributed by atoms with E-state index in [2.05, 4.69) is 12.0 Å². The van der Waals surface area contributed by atoms with Gasteiger partial charge in [0.25, 0.3) is 0 Å². The second-order valence-corrected chi connectivity index (χ2v) is 3.91. The van der Waals surface area contributed by atoms with Crippen molar-refractivity contribution in [1.82, 2.24) is 5.43 Å². The van der Waals surface area contributed by atoms with Gasteiger partial charge in [-0.2, -0.15) is 0 Å². The first-order chi connectivity index (χ1) is 7.72. The molecule has 0 heterocycles. The third-order valence-corrected chi connectivity index (χ3v) is 2.67. The maximum atomic E-state index is 5.90. The van der Waals surface area contributed by atoms with Crippen LogP contribution in [0, 0.1) is 0 Å². The van der Waals surface area contributed by atoms with Crippen LogP contribution in [0.2, 0.25) is 5.02 Å². The van der Waals surface area contributed by atoms with E-state index in [1.807, 2.05) is 18.2 Å². The molecule has 0 saturated heterocycles. The maximum Gasteiger partial charge on any atom is 0.125 e. The van der Waals surface area contributed by atoms with Crippen molar-refractivity contribution in [2.75, 3.05) is 7.11 Å². The van der Waals surface area contributed by atoms with E-state index >= 15 is 0 Å². The number of rotatable bonds is 6. The molecule has 0 bridgehead atoms. The summed E-state index contributed by atoms with van der Waals surface area (Å²) in [5, 5.41) is 0.653. The highest BCUT2D eigenvalue weighted by Gasteiger charge is 2.14. The van der Waals surface area contributed by atoms with Crippen LogP contribution < -0.4 is 16.0 Å². The molecule has 0 saturated carbocycles. The van der Waals surface area contributed by atoms with Crippen LogP contribution in [0.1, 0.15) is 24.4 Å². The third kappa shape index (κ3) is 3.23. The molecular formula is C12H17ClN2O. The molecule has 1 unspecified atom stereocenters. The largest absolute Gasteiger partial charge is 0.496 e. The summed E-state index contributed by atoms with van der Waals surface area (Å²) in [6.07, 6.45) is 3.63. The standard InChI is InChI=1S/C12H17ClN2O/c1-3-4-5-11(15-14)10-7-6-9(13)8-12(10)16-2/h3,6-8,11,15H,1,4-5,14H2,2H3. The monoisotopic (exact) mass is 240 g/mol. The topological polar surface area (TPSA) is 47.3 Å². The lowest BCUT2D eigenvalue weighted by molar-refractivity contribution is 0.396. The van der Waals surface area contributed by atoms with Crippen molar-refractivity contribution in [3.05, 3.63) is 41.4 Å². The van der Waals surface area contributed by atoms with Crippen molar-refractivity contribution >= 4 is 11.6 Å². The zero-order valence-corrected chi connectivity index (χ0v) is 10.1. The number of hydrazine groups is 1. The average molecular weight is 241 g/mol. The molecule has 1 aromatic carbocycles. The summed E-state index contributed by atoms with van der Waals surface area (Å²) in [5.74, 6) is 6.28. The third-order valence-electron chi connectivity index (χ3n) is 2.43. The minimum atomic E-state index is 0.0465. The van der Waals surface area contributed by atoms with Crippen LogP contribution >= 0.6 is 11.6 Å². The number of hydrogen-bond acceptors (Lipinski definition) is 3. The van der Waals surface area contributed by atoms with Crippen molar-refractivity contribution in [3.8, 4) is 5.75 Å². The molecule has 3 nitrogen and oxygen atoms in total. The van der Waals surface area contributed by atoms with E-state index in [1.54, 1.807) is 13.2 Å². The zero-order valence-electron chi connectivity index (χ0n) is 9.37. The summed E-state index contributed by atoms with van der Waals surface area (Å²) in [5.41, 5.74) is 3.79. The van der Waals surface area contributed by atoms with Gasteiger partial charge < -0.3 is 4.74 Å². The predicted octanol–water partition coefficient (Wildman–Crippen LogP) is 2.82. The smallest absolute Gasteiger partial charge is 0.125 e. The van der Waals surface area contributed by atoms with E-state index in [4.69, 9.17) is 22.2 Å². The molecule has 0 radical (unpaired) electrons. The Labute approximate surface area is 101 Å². The molecule has 0 aromatic heterocycles. The number of halogens is 1. The fourth-order valence-electron chi connectivity index (χ4n) is 1.59. The van der Waals surface area contributed by atoms with Gasteiger partial charge in [0.15, 0.2) is 0 Å². The number of nitrogens with two attached hydrogens (primary N) is 1. The molecule has 0 fully saturated rings.